The van der Waals surface area contributed by atoms with Crippen molar-refractivity contribution in [3.63, 3.8) is 0 Å². The van der Waals surface area contributed by atoms with Crippen LogP contribution in [0.2, 0.25) is 0 Å². The van der Waals surface area contributed by atoms with Gasteiger partial charge in [-0.1, -0.05) is 26.7 Å². The molecule has 0 aromatic heterocycles. The number of hydrogen-bond acceptors (Lipinski definition) is 4. The topological polar surface area (TPSA) is 52.6 Å². The lowest BCUT2D eigenvalue weighted by molar-refractivity contribution is 0.0957. The zero-order valence-corrected chi connectivity index (χ0v) is 17.6. The van der Waals surface area contributed by atoms with Crippen molar-refractivity contribution in [3.05, 3.63) is 59.7 Å². The predicted octanol–water partition coefficient (Wildman–Crippen LogP) is 6.28. The smallest absolute Gasteiger partial charge is 0.162 e. The highest BCUT2D eigenvalue weighted by Crippen LogP contribution is 2.17. The lowest BCUT2D eigenvalue weighted by Crippen LogP contribution is -2.04. The van der Waals surface area contributed by atoms with Gasteiger partial charge in [-0.2, -0.15) is 0 Å². The van der Waals surface area contributed by atoms with Crippen LogP contribution in [0.15, 0.2) is 48.5 Å². The van der Waals surface area contributed by atoms with Crippen molar-refractivity contribution < 1.29 is 19.1 Å². The summed E-state index contributed by atoms with van der Waals surface area (Å²) in [6.45, 7) is 5.62. The number of benzene rings is 2. The Morgan fingerprint density at radius 1 is 0.621 bits per heavy atom. The molecule has 0 radical (unpaired) electrons. The van der Waals surface area contributed by atoms with E-state index in [-0.39, 0.29) is 11.6 Å². The first kappa shape index (κ1) is 22.7. The molecule has 2 rings (SSSR count). The Balaban J connectivity index is 1.74. The van der Waals surface area contributed by atoms with Crippen molar-refractivity contribution in [2.24, 2.45) is 0 Å². The van der Waals surface area contributed by atoms with Gasteiger partial charge in [-0.3, -0.25) is 9.59 Å². The summed E-state index contributed by atoms with van der Waals surface area (Å²) < 4.78 is 11.2. The van der Waals surface area contributed by atoms with E-state index in [9.17, 15) is 9.59 Å². The van der Waals surface area contributed by atoms with Crippen molar-refractivity contribution in [1.82, 2.24) is 0 Å². The number of ether oxygens (including phenoxy) is 2. The van der Waals surface area contributed by atoms with E-state index in [0.29, 0.717) is 43.6 Å². The third-order valence-corrected chi connectivity index (χ3v) is 4.69. The van der Waals surface area contributed by atoms with Crippen LogP contribution in [0.25, 0.3) is 0 Å². The second kappa shape index (κ2) is 12.8. The molecule has 4 nitrogen and oxygen atoms in total. The Kier molecular flexibility index (Phi) is 9.98. The molecule has 0 saturated carbocycles. The first-order chi connectivity index (χ1) is 14.1. The minimum Gasteiger partial charge on any atom is -0.494 e. The van der Waals surface area contributed by atoms with Crippen LogP contribution in [0.3, 0.4) is 0 Å². The molecule has 0 N–H and O–H groups in total. The number of unbranched alkanes of at least 4 members (excludes halogenated alkanes) is 2. The number of ketones is 2. The molecule has 156 valence electrons. The van der Waals surface area contributed by atoms with Gasteiger partial charge in [0.25, 0.3) is 0 Å². The van der Waals surface area contributed by atoms with Gasteiger partial charge in [0.1, 0.15) is 11.5 Å². The van der Waals surface area contributed by atoms with Crippen molar-refractivity contribution >= 4 is 11.6 Å². The van der Waals surface area contributed by atoms with Gasteiger partial charge in [-0.25, -0.2) is 0 Å². The molecule has 0 unspecified atom stereocenters. The number of rotatable bonds is 14. The standard InChI is InChI=1S/C25H32O4/c1-3-5-18-28-22-14-10-20(11-15-22)24(26)8-7-9-25(27)21-12-16-23(17-13-21)29-19-6-4-2/h10-17H,3-9,18-19H2,1-2H3. The number of Topliss-reactive ketones (excluding diaryl/α,β-unsaturated/α-hetero) is 2. The third-order valence-electron chi connectivity index (χ3n) is 4.69. The summed E-state index contributed by atoms with van der Waals surface area (Å²) in [6.07, 6.45) is 5.48. The van der Waals surface area contributed by atoms with Gasteiger partial charge in [-0.05, 0) is 67.8 Å². The Morgan fingerprint density at radius 2 is 1.00 bits per heavy atom. The molecule has 29 heavy (non-hydrogen) atoms. The van der Waals surface area contributed by atoms with E-state index in [2.05, 4.69) is 13.8 Å². The van der Waals surface area contributed by atoms with E-state index in [4.69, 9.17) is 9.47 Å². The van der Waals surface area contributed by atoms with E-state index in [1.54, 1.807) is 24.3 Å². The maximum Gasteiger partial charge on any atom is 0.162 e. The number of carbonyl (C=O) groups is 2. The summed E-state index contributed by atoms with van der Waals surface area (Å²) >= 11 is 0. The van der Waals surface area contributed by atoms with Gasteiger partial charge in [0.15, 0.2) is 11.6 Å². The quantitative estimate of drug-likeness (QED) is 0.278. The summed E-state index contributed by atoms with van der Waals surface area (Å²) in [4.78, 5) is 24.7. The van der Waals surface area contributed by atoms with Gasteiger partial charge >= 0.3 is 0 Å². The van der Waals surface area contributed by atoms with Gasteiger partial charge in [-0.15, -0.1) is 0 Å². The Hall–Kier alpha value is -2.62. The zero-order valence-electron chi connectivity index (χ0n) is 17.6. The Morgan fingerprint density at radius 3 is 1.34 bits per heavy atom. The normalized spacial score (nSPS) is 10.6. The monoisotopic (exact) mass is 396 g/mol. The van der Waals surface area contributed by atoms with E-state index < -0.39 is 0 Å². The molecule has 0 amide bonds. The molecular weight excluding hydrogens is 364 g/mol. The van der Waals surface area contributed by atoms with E-state index >= 15 is 0 Å². The molecule has 0 heterocycles. The highest BCUT2D eigenvalue weighted by Gasteiger charge is 2.10. The van der Waals surface area contributed by atoms with Crippen LogP contribution >= 0.6 is 0 Å². The second-order valence-electron chi connectivity index (χ2n) is 7.15. The third kappa shape index (κ3) is 8.10. The molecular formula is C25H32O4. The second-order valence-corrected chi connectivity index (χ2v) is 7.15. The maximum absolute atomic E-state index is 12.3. The van der Waals surface area contributed by atoms with Crippen LogP contribution in [-0.2, 0) is 0 Å². The SMILES string of the molecule is CCCCOc1ccc(C(=O)CCCC(=O)c2ccc(OCCCC)cc2)cc1. The molecule has 0 atom stereocenters. The average Bonchev–Trinajstić information content (AvgIpc) is 2.75. The summed E-state index contributed by atoms with van der Waals surface area (Å²) in [6, 6.07) is 14.5. The van der Waals surface area contributed by atoms with E-state index in [0.717, 1.165) is 37.2 Å². The van der Waals surface area contributed by atoms with Crippen LogP contribution in [0.4, 0.5) is 0 Å². The van der Waals surface area contributed by atoms with Gasteiger partial charge in [0.05, 0.1) is 13.2 Å². The molecule has 0 aliphatic rings. The molecule has 0 bridgehead atoms. The zero-order chi connectivity index (χ0) is 20.9. The summed E-state index contributed by atoms with van der Waals surface area (Å²) in [7, 11) is 0. The van der Waals surface area contributed by atoms with Crippen molar-refractivity contribution in [2.45, 2.75) is 58.8 Å². The van der Waals surface area contributed by atoms with Crippen molar-refractivity contribution in [3.8, 4) is 11.5 Å². The summed E-state index contributed by atoms with van der Waals surface area (Å²) in [5.74, 6) is 1.68. The first-order valence-electron chi connectivity index (χ1n) is 10.7. The molecule has 2 aromatic carbocycles. The molecule has 0 spiro atoms. The minimum atomic E-state index is 0.0533. The molecule has 2 aromatic rings. The fourth-order valence-corrected chi connectivity index (χ4v) is 2.84. The van der Waals surface area contributed by atoms with Crippen LogP contribution in [0, 0.1) is 0 Å². The van der Waals surface area contributed by atoms with Crippen LogP contribution in [0.1, 0.15) is 79.5 Å². The van der Waals surface area contributed by atoms with Gasteiger partial charge in [0, 0.05) is 24.0 Å². The van der Waals surface area contributed by atoms with Crippen LogP contribution < -0.4 is 9.47 Å². The molecule has 0 aliphatic carbocycles. The molecule has 4 heteroatoms. The number of hydrogen-bond donors (Lipinski definition) is 0. The Bertz CT molecular complexity index is 682. The fraction of sp³-hybridized carbons (Fsp3) is 0.440. The van der Waals surface area contributed by atoms with Crippen LogP contribution in [0.5, 0.6) is 11.5 Å². The molecule has 0 saturated heterocycles. The highest BCUT2D eigenvalue weighted by atomic mass is 16.5. The fourth-order valence-electron chi connectivity index (χ4n) is 2.84. The highest BCUT2D eigenvalue weighted by molar-refractivity contribution is 5.98. The predicted molar refractivity (Wildman–Crippen MR) is 116 cm³/mol. The van der Waals surface area contributed by atoms with Gasteiger partial charge in [0.2, 0.25) is 0 Å². The van der Waals surface area contributed by atoms with Crippen molar-refractivity contribution in [1.29, 1.82) is 0 Å². The lowest BCUT2D eigenvalue weighted by atomic mass is 10.0. The summed E-state index contributed by atoms with van der Waals surface area (Å²) in [5, 5.41) is 0. The largest absolute Gasteiger partial charge is 0.494 e. The maximum atomic E-state index is 12.3. The lowest BCUT2D eigenvalue weighted by Gasteiger charge is -2.07. The van der Waals surface area contributed by atoms with E-state index in [1.807, 2.05) is 24.3 Å². The van der Waals surface area contributed by atoms with Crippen molar-refractivity contribution in [2.75, 3.05) is 13.2 Å². The average molecular weight is 397 g/mol. The molecule has 0 fully saturated rings. The van der Waals surface area contributed by atoms with Gasteiger partial charge < -0.3 is 9.47 Å². The minimum absolute atomic E-state index is 0.0533. The Labute approximate surface area is 174 Å². The number of carbonyl (C=O) groups excluding carboxylic acids is 2. The van der Waals surface area contributed by atoms with Crippen LogP contribution in [-0.4, -0.2) is 24.8 Å². The van der Waals surface area contributed by atoms with E-state index in [1.165, 1.54) is 0 Å². The molecule has 0 aliphatic heterocycles. The summed E-state index contributed by atoms with van der Waals surface area (Å²) in [5.41, 5.74) is 1.32. The first-order valence-corrected chi connectivity index (χ1v) is 10.7.